The number of nitriles is 1. The molecular formula is C10H4F3N4. The van der Waals surface area contributed by atoms with Crippen molar-refractivity contribution in [1.82, 2.24) is 14.8 Å². The number of halogens is 3. The van der Waals surface area contributed by atoms with Crippen molar-refractivity contribution < 1.29 is 13.2 Å². The standard InChI is InChI=1S/C10H4F3N4/c11-10(12,13)8-3-5-17(16-8)9-7(6-14)2-1-4-15-9/h1-4H. The first-order valence-electron chi connectivity index (χ1n) is 4.43. The van der Waals surface area contributed by atoms with E-state index in [0.717, 1.165) is 4.68 Å². The van der Waals surface area contributed by atoms with E-state index in [-0.39, 0.29) is 11.4 Å². The van der Waals surface area contributed by atoms with Crippen LogP contribution >= 0.6 is 0 Å². The molecule has 17 heavy (non-hydrogen) atoms. The zero-order valence-electron chi connectivity index (χ0n) is 8.23. The Balaban J connectivity index is 2.49. The van der Waals surface area contributed by atoms with Crippen molar-refractivity contribution in [3.8, 4) is 11.9 Å². The highest BCUT2D eigenvalue weighted by Gasteiger charge is 2.34. The molecule has 2 aromatic heterocycles. The summed E-state index contributed by atoms with van der Waals surface area (Å²) in [4.78, 5) is 3.79. The second-order valence-electron chi connectivity index (χ2n) is 3.05. The van der Waals surface area contributed by atoms with E-state index in [1.54, 1.807) is 0 Å². The first kappa shape index (κ1) is 11.1. The molecule has 1 radical (unpaired) electrons. The predicted molar refractivity (Wildman–Crippen MR) is 49.9 cm³/mol. The van der Waals surface area contributed by atoms with Crippen molar-refractivity contribution in [3.05, 3.63) is 41.9 Å². The molecule has 0 aliphatic carbocycles. The molecular weight excluding hydrogens is 233 g/mol. The highest BCUT2D eigenvalue weighted by molar-refractivity contribution is 5.42. The number of hydrogen-bond acceptors (Lipinski definition) is 3. The normalized spacial score (nSPS) is 11.2. The van der Waals surface area contributed by atoms with E-state index in [2.05, 4.69) is 16.3 Å². The van der Waals surface area contributed by atoms with E-state index in [9.17, 15) is 13.2 Å². The summed E-state index contributed by atoms with van der Waals surface area (Å²) in [5.74, 6) is 0.0190. The van der Waals surface area contributed by atoms with E-state index < -0.39 is 11.9 Å². The molecule has 0 aromatic carbocycles. The minimum atomic E-state index is -4.54. The number of hydrogen-bond donors (Lipinski definition) is 0. The van der Waals surface area contributed by atoms with Crippen LogP contribution in [-0.4, -0.2) is 14.8 Å². The van der Waals surface area contributed by atoms with Gasteiger partial charge in [-0.2, -0.15) is 23.5 Å². The summed E-state index contributed by atoms with van der Waals surface area (Å²) in [6, 6.07) is 5.47. The van der Waals surface area contributed by atoms with Crippen molar-refractivity contribution in [2.75, 3.05) is 0 Å². The van der Waals surface area contributed by atoms with Gasteiger partial charge in [-0.25, -0.2) is 9.67 Å². The molecule has 0 atom stereocenters. The highest BCUT2D eigenvalue weighted by atomic mass is 19.4. The Hall–Kier alpha value is -2.36. The van der Waals surface area contributed by atoms with Gasteiger partial charge in [0.05, 0.1) is 11.8 Å². The fraction of sp³-hybridized carbons (Fsp3) is 0.100. The molecule has 0 aliphatic rings. The highest BCUT2D eigenvalue weighted by Crippen LogP contribution is 2.27. The van der Waals surface area contributed by atoms with Crippen LogP contribution < -0.4 is 0 Å². The molecule has 7 heteroatoms. The van der Waals surface area contributed by atoms with Crippen LogP contribution in [0.15, 0.2) is 24.4 Å². The third-order valence-corrected chi connectivity index (χ3v) is 1.93. The number of nitrogens with zero attached hydrogens (tertiary/aromatic N) is 4. The van der Waals surface area contributed by atoms with Gasteiger partial charge in [-0.3, -0.25) is 0 Å². The first-order chi connectivity index (χ1) is 8.02. The Kier molecular flexibility index (Phi) is 2.55. The lowest BCUT2D eigenvalue weighted by Crippen LogP contribution is -2.08. The maximum absolute atomic E-state index is 12.3. The van der Waals surface area contributed by atoms with Gasteiger partial charge in [0.1, 0.15) is 6.07 Å². The van der Waals surface area contributed by atoms with E-state index in [1.165, 1.54) is 18.3 Å². The maximum atomic E-state index is 12.3. The molecule has 2 rings (SSSR count). The largest absolute Gasteiger partial charge is 0.435 e. The van der Waals surface area contributed by atoms with Crippen LogP contribution in [0.25, 0.3) is 5.82 Å². The van der Waals surface area contributed by atoms with E-state index in [0.29, 0.717) is 6.07 Å². The van der Waals surface area contributed by atoms with E-state index in [1.807, 2.05) is 6.07 Å². The summed E-state index contributed by atoms with van der Waals surface area (Å²) in [6.07, 6.45) is -0.903. The zero-order chi connectivity index (χ0) is 12.5. The molecule has 0 amide bonds. The Morgan fingerprint density at radius 2 is 2.18 bits per heavy atom. The van der Waals surface area contributed by atoms with Gasteiger partial charge in [0.2, 0.25) is 0 Å². The average Bonchev–Trinajstić information content (AvgIpc) is 2.77. The van der Waals surface area contributed by atoms with Crippen molar-refractivity contribution in [2.24, 2.45) is 0 Å². The second-order valence-corrected chi connectivity index (χ2v) is 3.05. The molecule has 2 heterocycles. The molecule has 0 unspecified atom stereocenters. The molecule has 85 valence electrons. The molecule has 0 fully saturated rings. The van der Waals surface area contributed by atoms with Crippen molar-refractivity contribution in [2.45, 2.75) is 6.18 Å². The van der Waals surface area contributed by atoms with Crippen LogP contribution in [0.3, 0.4) is 0 Å². The van der Waals surface area contributed by atoms with Gasteiger partial charge in [0.15, 0.2) is 11.5 Å². The van der Waals surface area contributed by atoms with Crippen molar-refractivity contribution >= 4 is 0 Å². The van der Waals surface area contributed by atoms with Crippen LogP contribution in [0.4, 0.5) is 13.2 Å². The van der Waals surface area contributed by atoms with Gasteiger partial charge in [-0.15, -0.1) is 0 Å². The van der Waals surface area contributed by atoms with Crippen molar-refractivity contribution in [3.63, 3.8) is 0 Å². The fourth-order valence-electron chi connectivity index (χ4n) is 1.19. The minimum absolute atomic E-state index is 0.0190. The lowest BCUT2D eigenvalue weighted by Gasteiger charge is -2.02. The smallest absolute Gasteiger partial charge is 0.236 e. The molecule has 0 N–H and O–H groups in total. The summed E-state index contributed by atoms with van der Waals surface area (Å²) in [7, 11) is 0. The molecule has 0 saturated carbocycles. The predicted octanol–water partition coefficient (Wildman–Crippen LogP) is 1.96. The van der Waals surface area contributed by atoms with Gasteiger partial charge >= 0.3 is 6.18 Å². The number of rotatable bonds is 1. The molecule has 0 spiro atoms. The van der Waals surface area contributed by atoms with Crippen LogP contribution in [-0.2, 0) is 6.18 Å². The Morgan fingerprint density at radius 3 is 2.76 bits per heavy atom. The van der Waals surface area contributed by atoms with Crippen LogP contribution in [0.5, 0.6) is 0 Å². The molecule has 0 bridgehead atoms. The Bertz CT molecular complexity index is 580. The SMILES string of the molecule is N#Cc1cccnc1-n1[c]cc(C(F)(F)F)n1. The van der Waals surface area contributed by atoms with Gasteiger partial charge in [0.25, 0.3) is 0 Å². The monoisotopic (exact) mass is 237 g/mol. The van der Waals surface area contributed by atoms with Crippen LogP contribution in [0.1, 0.15) is 11.3 Å². The van der Waals surface area contributed by atoms with Crippen LogP contribution in [0, 0.1) is 17.5 Å². The lowest BCUT2D eigenvalue weighted by atomic mass is 10.3. The molecule has 2 aromatic rings. The number of alkyl halides is 3. The lowest BCUT2D eigenvalue weighted by molar-refractivity contribution is -0.141. The van der Waals surface area contributed by atoms with Crippen molar-refractivity contribution in [1.29, 1.82) is 5.26 Å². The van der Waals surface area contributed by atoms with Gasteiger partial charge < -0.3 is 0 Å². The van der Waals surface area contributed by atoms with Gasteiger partial charge in [0, 0.05) is 6.20 Å². The summed E-state index contributed by atoms with van der Waals surface area (Å²) in [5.41, 5.74) is -0.951. The number of aromatic nitrogens is 3. The summed E-state index contributed by atoms with van der Waals surface area (Å²) in [5, 5.41) is 12.1. The van der Waals surface area contributed by atoms with Gasteiger partial charge in [-0.05, 0) is 18.2 Å². The Labute approximate surface area is 93.9 Å². The second kappa shape index (κ2) is 3.90. The average molecular weight is 237 g/mol. The fourth-order valence-corrected chi connectivity index (χ4v) is 1.19. The molecule has 0 aliphatic heterocycles. The minimum Gasteiger partial charge on any atom is -0.236 e. The first-order valence-corrected chi connectivity index (χ1v) is 4.43. The third-order valence-electron chi connectivity index (χ3n) is 1.93. The number of pyridine rings is 1. The third kappa shape index (κ3) is 2.10. The topological polar surface area (TPSA) is 54.5 Å². The maximum Gasteiger partial charge on any atom is 0.435 e. The summed E-state index contributed by atoms with van der Waals surface area (Å²) < 4.78 is 37.8. The molecule has 4 nitrogen and oxygen atoms in total. The zero-order valence-corrected chi connectivity index (χ0v) is 8.23. The molecule has 0 saturated heterocycles. The summed E-state index contributed by atoms with van der Waals surface area (Å²) in [6.45, 7) is 0. The quantitative estimate of drug-likeness (QED) is 0.761. The summed E-state index contributed by atoms with van der Waals surface area (Å²) >= 11 is 0. The van der Waals surface area contributed by atoms with E-state index >= 15 is 0 Å². The van der Waals surface area contributed by atoms with Gasteiger partial charge in [-0.1, -0.05) is 0 Å². The van der Waals surface area contributed by atoms with E-state index in [4.69, 9.17) is 5.26 Å². The van der Waals surface area contributed by atoms with Crippen LogP contribution in [0.2, 0.25) is 0 Å². The Morgan fingerprint density at radius 1 is 1.41 bits per heavy atom.